The van der Waals surface area contributed by atoms with Crippen LogP contribution in [0.4, 0.5) is 0 Å². The molecule has 0 aliphatic rings. The molecule has 9 nitrogen and oxygen atoms in total. The molecule has 0 bridgehead atoms. The first-order valence-electron chi connectivity index (χ1n) is 13.0. The molecular weight excluding hydrogens is 460 g/mol. The number of carbonyl (C=O) groups is 4. The van der Waals surface area contributed by atoms with Crippen LogP contribution in [0.2, 0.25) is 0 Å². The summed E-state index contributed by atoms with van der Waals surface area (Å²) in [5, 5.41) is 15.1. The lowest BCUT2D eigenvalue weighted by Gasteiger charge is -2.41. The molecule has 9 heteroatoms. The van der Waals surface area contributed by atoms with E-state index in [0.29, 0.717) is 25.7 Å². The molecule has 5 N–H and O–H groups in total. The molecule has 0 aliphatic heterocycles. The van der Waals surface area contributed by atoms with E-state index in [9.17, 15) is 24.3 Å². The second-order valence-corrected chi connectivity index (χ2v) is 11.2. The molecule has 2 atom stereocenters. The van der Waals surface area contributed by atoms with E-state index in [-0.39, 0.29) is 17.4 Å². The minimum Gasteiger partial charge on any atom is -0.478 e. The number of carboxylic acid groups (broad SMARTS) is 1. The van der Waals surface area contributed by atoms with Crippen molar-refractivity contribution in [3.63, 3.8) is 0 Å². The molecule has 0 rings (SSSR count). The Morgan fingerprint density at radius 3 is 1.75 bits per heavy atom. The van der Waals surface area contributed by atoms with Crippen LogP contribution in [0.15, 0.2) is 11.6 Å². The number of amides is 3. The highest BCUT2D eigenvalue weighted by Gasteiger charge is 2.45. The Bertz CT molecular complexity index is 821. The predicted molar refractivity (Wildman–Crippen MR) is 143 cm³/mol. The van der Waals surface area contributed by atoms with Gasteiger partial charge >= 0.3 is 5.97 Å². The number of hydrogen-bond donors (Lipinski definition) is 4. The summed E-state index contributed by atoms with van der Waals surface area (Å²) in [7, 11) is 1.61. The van der Waals surface area contributed by atoms with Crippen molar-refractivity contribution >= 4 is 23.7 Å². The van der Waals surface area contributed by atoms with E-state index in [2.05, 4.69) is 10.6 Å². The number of hydrogen-bond acceptors (Lipinski definition) is 5. The van der Waals surface area contributed by atoms with Gasteiger partial charge in [0, 0.05) is 12.6 Å². The van der Waals surface area contributed by atoms with Crippen LogP contribution in [0.25, 0.3) is 0 Å². The minimum atomic E-state index is -1.23. The van der Waals surface area contributed by atoms with Crippen molar-refractivity contribution in [2.24, 2.45) is 17.1 Å². The topological polar surface area (TPSA) is 142 Å². The Morgan fingerprint density at radius 2 is 1.42 bits per heavy atom. The van der Waals surface area contributed by atoms with E-state index in [1.54, 1.807) is 13.1 Å². The quantitative estimate of drug-likeness (QED) is 0.280. The molecule has 3 amide bonds. The number of carboxylic acids is 1. The maximum atomic E-state index is 13.7. The predicted octanol–water partition coefficient (Wildman–Crippen LogP) is 3.22. The molecule has 0 fully saturated rings. The van der Waals surface area contributed by atoms with E-state index in [0.717, 1.165) is 0 Å². The Morgan fingerprint density at radius 1 is 0.944 bits per heavy atom. The SMILES string of the molecule is CCC(N)(CC)C(=O)NC(CC)(CC)C(=O)N[C@H](C(=O)N(C)[C@H](C=C(C)C(=O)O)C(C)C)C(C)(C)C. The summed E-state index contributed by atoms with van der Waals surface area (Å²) in [6.45, 7) is 18.1. The van der Waals surface area contributed by atoms with Crippen molar-refractivity contribution in [2.75, 3.05) is 7.05 Å². The number of nitrogens with zero attached hydrogens (tertiary/aromatic N) is 1. The summed E-state index contributed by atoms with van der Waals surface area (Å²) >= 11 is 0. The van der Waals surface area contributed by atoms with Gasteiger partial charge in [0.25, 0.3) is 0 Å². The minimum absolute atomic E-state index is 0.0602. The van der Waals surface area contributed by atoms with Crippen LogP contribution >= 0.6 is 0 Å². The summed E-state index contributed by atoms with van der Waals surface area (Å²) in [6, 6.07) is -1.40. The van der Waals surface area contributed by atoms with Crippen molar-refractivity contribution in [3.8, 4) is 0 Å². The third kappa shape index (κ3) is 8.05. The lowest BCUT2D eigenvalue weighted by molar-refractivity contribution is -0.143. The van der Waals surface area contributed by atoms with Gasteiger partial charge in [-0.1, -0.05) is 68.4 Å². The molecule has 0 aromatic carbocycles. The van der Waals surface area contributed by atoms with Crippen molar-refractivity contribution < 1.29 is 24.3 Å². The summed E-state index contributed by atoms with van der Waals surface area (Å²) < 4.78 is 0. The number of nitrogens with one attached hydrogen (secondary N) is 2. The van der Waals surface area contributed by atoms with Gasteiger partial charge in [-0.25, -0.2) is 4.79 Å². The van der Waals surface area contributed by atoms with Gasteiger partial charge in [-0.2, -0.15) is 0 Å². The molecule has 0 saturated carbocycles. The number of nitrogens with two attached hydrogens (primary N) is 1. The number of carbonyl (C=O) groups excluding carboxylic acids is 3. The fraction of sp³-hybridized carbons (Fsp3) is 0.778. The van der Waals surface area contributed by atoms with Crippen LogP contribution in [0.3, 0.4) is 0 Å². The summed E-state index contributed by atoms with van der Waals surface area (Å²) in [6.07, 6.45) is 3.05. The number of rotatable bonds is 13. The molecule has 0 unspecified atom stereocenters. The second-order valence-electron chi connectivity index (χ2n) is 11.2. The zero-order chi connectivity index (χ0) is 28.6. The highest BCUT2D eigenvalue weighted by Crippen LogP contribution is 2.26. The molecule has 0 spiro atoms. The summed E-state index contributed by atoms with van der Waals surface area (Å²) in [4.78, 5) is 53.4. The van der Waals surface area contributed by atoms with E-state index in [1.807, 2.05) is 62.3 Å². The Balaban J connectivity index is 6.26. The summed E-state index contributed by atoms with van der Waals surface area (Å²) in [5.74, 6) is -2.29. The zero-order valence-electron chi connectivity index (χ0n) is 24.2. The van der Waals surface area contributed by atoms with Gasteiger partial charge in [0.15, 0.2) is 0 Å². The van der Waals surface area contributed by atoms with Gasteiger partial charge < -0.3 is 26.4 Å². The van der Waals surface area contributed by atoms with Crippen molar-refractivity contribution in [1.29, 1.82) is 0 Å². The maximum absolute atomic E-state index is 13.7. The molecular formula is C27H50N4O5. The van der Waals surface area contributed by atoms with Crippen molar-refractivity contribution in [1.82, 2.24) is 15.5 Å². The number of aliphatic carboxylic acids is 1. The molecule has 208 valence electrons. The van der Waals surface area contributed by atoms with Crippen LogP contribution in [0.5, 0.6) is 0 Å². The fourth-order valence-corrected chi connectivity index (χ4v) is 4.06. The van der Waals surface area contributed by atoms with Gasteiger partial charge in [-0.05, 0) is 43.9 Å². The van der Waals surface area contributed by atoms with E-state index >= 15 is 0 Å². The van der Waals surface area contributed by atoms with Crippen LogP contribution < -0.4 is 16.4 Å². The Kier molecular flexibility index (Phi) is 12.3. The normalized spacial score (nSPS) is 14.8. The standard InChI is InChI=1S/C27H50N4O5/c1-12-26(28,13-2)23(35)30-27(14-3,15-4)24(36)29-20(25(8,9)10)21(32)31(11)19(17(5)6)16-18(7)22(33)34/h16-17,19-20H,12-15,28H2,1-11H3,(H,29,36)(H,30,35)(H,33,34)/t19-,20-/m1/s1. The first-order valence-corrected chi connectivity index (χ1v) is 13.0. The largest absolute Gasteiger partial charge is 0.478 e. The summed E-state index contributed by atoms with van der Waals surface area (Å²) in [5.41, 5.74) is 3.45. The van der Waals surface area contributed by atoms with Crippen LogP contribution in [0.1, 0.15) is 94.9 Å². The smallest absolute Gasteiger partial charge is 0.331 e. The number of likely N-dealkylation sites (N-methyl/N-ethyl adjacent to an activating group) is 1. The van der Waals surface area contributed by atoms with Crippen LogP contribution in [-0.2, 0) is 19.2 Å². The van der Waals surface area contributed by atoms with E-state index in [1.165, 1.54) is 11.8 Å². The fourth-order valence-electron chi connectivity index (χ4n) is 4.06. The van der Waals surface area contributed by atoms with Crippen molar-refractivity contribution in [3.05, 3.63) is 11.6 Å². The lowest BCUT2D eigenvalue weighted by atomic mass is 9.83. The van der Waals surface area contributed by atoms with Crippen molar-refractivity contribution in [2.45, 2.75) is 118 Å². The highest BCUT2D eigenvalue weighted by atomic mass is 16.4. The Labute approximate surface area is 217 Å². The van der Waals surface area contributed by atoms with Gasteiger partial charge in [0.05, 0.1) is 11.6 Å². The van der Waals surface area contributed by atoms with Crippen LogP contribution in [0, 0.1) is 11.3 Å². The third-order valence-electron chi connectivity index (χ3n) is 7.33. The molecule has 36 heavy (non-hydrogen) atoms. The monoisotopic (exact) mass is 510 g/mol. The highest BCUT2D eigenvalue weighted by molar-refractivity contribution is 5.97. The lowest BCUT2D eigenvalue weighted by Crippen LogP contribution is -2.67. The third-order valence-corrected chi connectivity index (χ3v) is 7.33. The van der Waals surface area contributed by atoms with E-state index < -0.39 is 46.4 Å². The average Bonchev–Trinajstić information content (AvgIpc) is 2.81. The van der Waals surface area contributed by atoms with Gasteiger partial charge in [-0.3, -0.25) is 14.4 Å². The molecule has 0 aliphatic carbocycles. The van der Waals surface area contributed by atoms with Gasteiger partial charge in [0.2, 0.25) is 17.7 Å². The van der Waals surface area contributed by atoms with Gasteiger partial charge in [-0.15, -0.1) is 0 Å². The van der Waals surface area contributed by atoms with Crippen LogP contribution in [-0.4, -0.2) is 63.9 Å². The first-order chi connectivity index (χ1) is 16.4. The van der Waals surface area contributed by atoms with E-state index in [4.69, 9.17) is 5.73 Å². The molecule has 0 aromatic heterocycles. The maximum Gasteiger partial charge on any atom is 0.331 e. The molecule has 0 heterocycles. The zero-order valence-corrected chi connectivity index (χ0v) is 24.2. The Hall–Kier alpha value is -2.42. The molecule has 0 saturated heterocycles. The van der Waals surface area contributed by atoms with Gasteiger partial charge in [0.1, 0.15) is 11.6 Å². The average molecular weight is 511 g/mol. The second kappa shape index (κ2) is 13.2. The molecule has 0 aromatic rings. The molecule has 0 radical (unpaired) electrons. The first kappa shape index (κ1) is 33.6.